The highest BCUT2D eigenvalue weighted by molar-refractivity contribution is 5.76. The highest BCUT2D eigenvalue weighted by Crippen LogP contribution is 2.26. The van der Waals surface area contributed by atoms with Gasteiger partial charge in [0.15, 0.2) is 5.65 Å². The van der Waals surface area contributed by atoms with Gasteiger partial charge >= 0.3 is 5.69 Å². The molecule has 3 aromatic heterocycles. The van der Waals surface area contributed by atoms with E-state index in [1.54, 1.807) is 54.2 Å². The van der Waals surface area contributed by atoms with E-state index in [1.807, 2.05) is 0 Å². The van der Waals surface area contributed by atoms with Crippen molar-refractivity contribution in [3.05, 3.63) is 76.5 Å². The van der Waals surface area contributed by atoms with Gasteiger partial charge in [-0.25, -0.2) is 18.6 Å². The predicted octanol–water partition coefficient (Wildman–Crippen LogP) is 3.18. The van der Waals surface area contributed by atoms with E-state index in [4.69, 9.17) is 0 Å². The van der Waals surface area contributed by atoms with Gasteiger partial charge in [-0.05, 0) is 30.3 Å². The summed E-state index contributed by atoms with van der Waals surface area (Å²) >= 11 is 0. The average molecular weight is 367 g/mol. The van der Waals surface area contributed by atoms with Crippen LogP contribution in [0.25, 0.3) is 22.4 Å². The second kappa shape index (κ2) is 6.71. The molecule has 0 N–H and O–H groups in total. The molecule has 8 heteroatoms. The molecule has 0 spiro atoms. The molecule has 0 bridgehead atoms. The molecule has 27 heavy (non-hydrogen) atoms. The molecule has 0 unspecified atom stereocenters. The third kappa shape index (κ3) is 3.10. The second-order valence-corrected chi connectivity index (χ2v) is 6.11. The third-order valence-corrected chi connectivity index (χ3v) is 4.36. The van der Waals surface area contributed by atoms with E-state index in [1.165, 1.54) is 16.7 Å². The number of aryl methyl sites for hydroxylation is 1. The van der Waals surface area contributed by atoms with Crippen LogP contribution in [0.2, 0.25) is 0 Å². The number of hydrogen-bond acceptors (Lipinski definition) is 4. The van der Waals surface area contributed by atoms with E-state index in [9.17, 15) is 13.6 Å². The standard InChI is InChI=1S/C19H15F2N5O/c1-25-18-16(26(19(25)27)11-14-6-3-9-22-24-14)8-7-15(23-18)12-4-2-5-13(10-12)17(20)21/h2-10,17H,11H2,1H3. The van der Waals surface area contributed by atoms with Crippen LogP contribution in [0, 0.1) is 0 Å². The zero-order valence-corrected chi connectivity index (χ0v) is 14.4. The minimum absolute atomic E-state index is 0.0662. The van der Waals surface area contributed by atoms with Gasteiger partial charge in [0.25, 0.3) is 6.43 Å². The Kier molecular flexibility index (Phi) is 4.23. The van der Waals surface area contributed by atoms with Crippen LogP contribution in [-0.4, -0.2) is 24.3 Å². The van der Waals surface area contributed by atoms with Crippen molar-refractivity contribution in [3.8, 4) is 11.3 Å². The summed E-state index contributed by atoms with van der Waals surface area (Å²) in [5.41, 5.74) is 2.57. The molecule has 1 aromatic carbocycles. The average Bonchev–Trinajstić information content (AvgIpc) is 2.93. The maximum absolute atomic E-state index is 13.0. The molecule has 0 amide bonds. The monoisotopic (exact) mass is 367 g/mol. The first kappa shape index (κ1) is 17.0. The fraction of sp³-hybridized carbons (Fsp3) is 0.158. The van der Waals surface area contributed by atoms with E-state index in [0.29, 0.717) is 28.1 Å². The quantitative estimate of drug-likeness (QED) is 0.556. The van der Waals surface area contributed by atoms with Crippen molar-refractivity contribution in [1.29, 1.82) is 0 Å². The Morgan fingerprint density at radius 3 is 2.70 bits per heavy atom. The fourth-order valence-electron chi connectivity index (χ4n) is 3.00. The van der Waals surface area contributed by atoms with Gasteiger partial charge in [0, 0.05) is 24.4 Å². The molecule has 0 aliphatic carbocycles. The first-order chi connectivity index (χ1) is 13.0. The number of benzene rings is 1. The fourth-order valence-corrected chi connectivity index (χ4v) is 3.00. The van der Waals surface area contributed by atoms with Crippen molar-refractivity contribution in [2.45, 2.75) is 13.0 Å². The predicted molar refractivity (Wildman–Crippen MR) is 96.5 cm³/mol. The van der Waals surface area contributed by atoms with Crippen LogP contribution in [-0.2, 0) is 13.6 Å². The molecule has 0 saturated carbocycles. The Morgan fingerprint density at radius 2 is 1.96 bits per heavy atom. The maximum atomic E-state index is 13.0. The molecule has 4 aromatic rings. The molecule has 136 valence electrons. The summed E-state index contributed by atoms with van der Waals surface area (Å²) in [4.78, 5) is 17.2. The molecule has 6 nitrogen and oxygen atoms in total. The van der Waals surface area contributed by atoms with Gasteiger partial charge in [-0.3, -0.25) is 9.13 Å². The second-order valence-electron chi connectivity index (χ2n) is 6.11. The summed E-state index contributed by atoms with van der Waals surface area (Å²) in [6.07, 6.45) is -0.984. The molecule has 0 fully saturated rings. The molecular formula is C19H15F2N5O. The van der Waals surface area contributed by atoms with Crippen LogP contribution in [0.3, 0.4) is 0 Å². The van der Waals surface area contributed by atoms with Crippen molar-refractivity contribution < 1.29 is 8.78 Å². The van der Waals surface area contributed by atoms with Crippen molar-refractivity contribution in [2.75, 3.05) is 0 Å². The third-order valence-electron chi connectivity index (χ3n) is 4.36. The van der Waals surface area contributed by atoms with E-state index in [2.05, 4.69) is 15.2 Å². The minimum Gasteiger partial charge on any atom is -0.284 e. The highest BCUT2D eigenvalue weighted by atomic mass is 19.3. The van der Waals surface area contributed by atoms with Crippen molar-refractivity contribution in [3.63, 3.8) is 0 Å². The lowest BCUT2D eigenvalue weighted by Gasteiger charge is -2.06. The van der Waals surface area contributed by atoms with Crippen molar-refractivity contribution >= 4 is 11.2 Å². The van der Waals surface area contributed by atoms with Crippen LogP contribution in [0.4, 0.5) is 8.78 Å². The van der Waals surface area contributed by atoms with Gasteiger partial charge in [-0.15, -0.1) is 0 Å². The van der Waals surface area contributed by atoms with Crippen LogP contribution < -0.4 is 5.69 Å². The molecular weight excluding hydrogens is 352 g/mol. The molecule has 4 rings (SSSR count). The first-order valence-electron chi connectivity index (χ1n) is 8.26. The largest absolute Gasteiger partial charge is 0.330 e. The summed E-state index contributed by atoms with van der Waals surface area (Å²) in [5, 5.41) is 7.84. The first-order valence-corrected chi connectivity index (χ1v) is 8.26. The number of alkyl halides is 2. The summed E-state index contributed by atoms with van der Waals surface area (Å²) in [6, 6.07) is 13.1. The number of pyridine rings is 1. The van der Waals surface area contributed by atoms with Crippen molar-refractivity contribution in [2.24, 2.45) is 7.05 Å². The lowest BCUT2D eigenvalue weighted by molar-refractivity contribution is 0.151. The van der Waals surface area contributed by atoms with Gasteiger partial charge in [0.05, 0.1) is 23.4 Å². The number of imidazole rings is 1. The summed E-state index contributed by atoms with van der Waals surface area (Å²) in [7, 11) is 1.63. The van der Waals surface area contributed by atoms with Crippen LogP contribution in [0.5, 0.6) is 0 Å². The summed E-state index contributed by atoms with van der Waals surface area (Å²) in [5.74, 6) is 0. The number of aromatic nitrogens is 5. The zero-order chi connectivity index (χ0) is 19.0. The van der Waals surface area contributed by atoms with E-state index >= 15 is 0 Å². The Morgan fingerprint density at radius 1 is 1.11 bits per heavy atom. The molecule has 0 radical (unpaired) electrons. The molecule has 3 heterocycles. The topological polar surface area (TPSA) is 65.6 Å². The number of rotatable bonds is 4. The summed E-state index contributed by atoms with van der Waals surface area (Å²) < 4.78 is 28.9. The molecule has 0 aliphatic heterocycles. The van der Waals surface area contributed by atoms with Crippen LogP contribution >= 0.6 is 0 Å². The number of nitrogens with zero attached hydrogens (tertiary/aromatic N) is 5. The maximum Gasteiger partial charge on any atom is 0.330 e. The Balaban J connectivity index is 1.81. The van der Waals surface area contributed by atoms with Crippen molar-refractivity contribution in [1.82, 2.24) is 24.3 Å². The highest BCUT2D eigenvalue weighted by Gasteiger charge is 2.15. The number of fused-ring (bicyclic) bond motifs is 1. The minimum atomic E-state index is -2.55. The van der Waals surface area contributed by atoms with E-state index < -0.39 is 6.43 Å². The van der Waals surface area contributed by atoms with Crippen LogP contribution in [0.15, 0.2) is 59.5 Å². The Bertz CT molecular complexity index is 1170. The number of hydrogen-bond donors (Lipinski definition) is 0. The lowest BCUT2D eigenvalue weighted by Crippen LogP contribution is -2.23. The molecule has 0 saturated heterocycles. The smallest absolute Gasteiger partial charge is 0.284 e. The zero-order valence-electron chi connectivity index (χ0n) is 14.4. The lowest BCUT2D eigenvalue weighted by atomic mass is 10.1. The normalized spacial score (nSPS) is 11.4. The Hall–Kier alpha value is -3.42. The van der Waals surface area contributed by atoms with Gasteiger partial charge < -0.3 is 0 Å². The van der Waals surface area contributed by atoms with E-state index in [0.717, 1.165) is 0 Å². The number of halogens is 2. The molecule has 0 atom stereocenters. The van der Waals surface area contributed by atoms with Gasteiger partial charge in [0.2, 0.25) is 0 Å². The SMILES string of the molecule is Cn1c(=O)n(Cc2cccnn2)c2ccc(-c3cccc(C(F)F)c3)nc21. The van der Waals surface area contributed by atoms with Crippen LogP contribution in [0.1, 0.15) is 17.7 Å². The summed E-state index contributed by atoms with van der Waals surface area (Å²) in [6.45, 7) is 0.270. The van der Waals surface area contributed by atoms with Gasteiger partial charge in [-0.2, -0.15) is 10.2 Å². The van der Waals surface area contributed by atoms with E-state index in [-0.39, 0.29) is 17.8 Å². The Labute approximate surface area is 152 Å². The van der Waals surface area contributed by atoms with Gasteiger partial charge in [0.1, 0.15) is 0 Å². The van der Waals surface area contributed by atoms with Gasteiger partial charge in [-0.1, -0.05) is 18.2 Å². The molecule has 0 aliphatic rings.